The first-order valence-corrected chi connectivity index (χ1v) is 8.47. The summed E-state index contributed by atoms with van der Waals surface area (Å²) in [5, 5.41) is 12.0. The molecule has 0 aliphatic heterocycles. The second-order valence-corrected chi connectivity index (χ2v) is 7.23. The Morgan fingerprint density at radius 1 is 1.33 bits per heavy atom. The zero-order valence-corrected chi connectivity index (χ0v) is 12.9. The topological polar surface area (TPSA) is 105 Å². The highest BCUT2D eigenvalue weighted by Gasteiger charge is 2.40. The van der Waals surface area contributed by atoms with Gasteiger partial charge in [0.2, 0.25) is 10.0 Å². The summed E-state index contributed by atoms with van der Waals surface area (Å²) in [7, 11) is -3.72. The summed E-state index contributed by atoms with van der Waals surface area (Å²) in [6.45, 7) is 1.83. The molecule has 0 atom stereocenters. The summed E-state index contributed by atoms with van der Waals surface area (Å²) in [6.07, 6.45) is 3.77. The zero-order chi connectivity index (χ0) is 15.5. The van der Waals surface area contributed by atoms with Crippen molar-refractivity contribution in [1.29, 1.82) is 0 Å². The summed E-state index contributed by atoms with van der Waals surface area (Å²) in [5.74, 6) is -0.0709. The van der Waals surface area contributed by atoms with Gasteiger partial charge in [0.25, 0.3) is 0 Å². The Morgan fingerprint density at radius 2 is 2.00 bits per heavy atom. The standard InChI is InChI=1S/C14H21N3O3S/c1-11-6-5-7-12(10-11)21(19,20)17-14(13(15)16-18)8-3-2-4-9-14/h5-7,10,17-18H,2-4,8-9H2,1H3,(H2,15,16). The molecular formula is C14H21N3O3S. The fraction of sp³-hybridized carbons (Fsp3) is 0.500. The molecule has 116 valence electrons. The number of nitrogens with two attached hydrogens (primary N) is 1. The Morgan fingerprint density at radius 3 is 2.57 bits per heavy atom. The van der Waals surface area contributed by atoms with Crippen molar-refractivity contribution in [1.82, 2.24) is 4.72 Å². The molecule has 1 saturated carbocycles. The quantitative estimate of drug-likeness (QED) is 0.341. The third-order valence-corrected chi connectivity index (χ3v) is 5.47. The van der Waals surface area contributed by atoms with Gasteiger partial charge in [-0.2, -0.15) is 4.72 Å². The Labute approximate surface area is 125 Å². The molecule has 7 heteroatoms. The van der Waals surface area contributed by atoms with Crippen LogP contribution in [0.2, 0.25) is 0 Å². The van der Waals surface area contributed by atoms with E-state index in [-0.39, 0.29) is 10.7 Å². The lowest BCUT2D eigenvalue weighted by Crippen LogP contribution is -2.58. The summed E-state index contributed by atoms with van der Waals surface area (Å²) in [4.78, 5) is 0.193. The van der Waals surface area contributed by atoms with Crippen LogP contribution in [0.4, 0.5) is 0 Å². The molecule has 1 aromatic rings. The third kappa shape index (κ3) is 3.36. The number of hydrogen-bond donors (Lipinski definition) is 3. The lowest BCUT2D eigenvalue weighted by Gasteiger charge is -2.36. The number of aryl methyl sites for hydroxylation is 1. The second kappa shape index (κ2) is 6.03. The van der Waals surface area contributed by atoms with Crippen LogP contribution in [0.15, 0.2) is 34.3 Å². The molecule has 2 rings (SSSR count). The van der Waals surface area contributed by atoms with E-state index >= 15 is 0 Å². The van der Waals surface area contributed by atoms with Crippen LogP contribution in [-0.2, 0) is 10.0 Å². The van der Waals surface area contributed by atoms with E-state index < -0.39 is 15.6 Å². The van der Waals surface area contributed by atoms with Crippen LogP contribution in [-0.4, -0.2) is 25.0 Å². The molecule has 21 heavy (non-hydrogen) atoms. The van der Waals surface area contributed by atoms with Crippen LogP contribution < -0.4 is 10.5 Å². The molecule has 1 aliphatic carbocycles. The van der Waals surface area contributed by atoms with Gasteiger partial charge in [0, 0.05) is 0 Å². The molecule has 1 aliphatic rings. The van der Waals surface area contributed by atoms with E-state index in [4.69, 9.17) is 10.9 Å². The van der Waals surface area contributed by atoms with Gasteiger partial charge in [0.1, 0.15) is 0 Å². The molecule has 4 N–H and O–H groups in total. The maximum absolute atomic E-state index is 12.6. The SMILES string of the molecule is Cc1cccc(S(=O)(=O)NC2(/C(N)=N/O)CCCCC2)c1. The van der Waals surface area contributed by atoms with Gasteiger partial charge < -0.3 is 10.9 Å². The molecule has 1 aromatic carbocycles. The van der Waals surface area contributed by atoms with Gasteiger partial charge in [-0.3, -0.25) is 0 Å². The van der Waals surface area contributed by atoms with Crippen molar-refractivity contribution in [3.05, 3.63) is 29.8 Å². The molecule has 0 unspecified atom stereocenters. The third-order valence-electron chi connectivity index (χ3n) is 3.93. The number of amidine groups is 1. The van der Waals surface area contributed by atoms with Crippen LogP contribution in [0, 0.1) is 6.92 Å². The minimum atomic E-state index is -3.72. The molecule has 0 heterocycles. The lowest BCUT2D eigenvalue weighted by atomic mass is 9.82. The van der Waals surface area contributed by atoms with Crippen LogP contribution in [0.25, 0.3) is 0 Å². The Balaban J connectivity index is 2.36. The monoisotopic (exact) mass is 311 g/mol. The van der Waals surface area contributed by atoms with Crippen LogP contribution in [0.5, 0.6) is 0 Å². The Kier molecular flexibility index (Phi) is 4.53. The predicted molar refractivity (Wildman–Crippen MR) is 80.7 cm³/mol. The van der Waals surface area contributed by atoms with Crippen molar-refractivity contribution >= 4 is 15.9 Å². The van der Waals surface area contributed by atoms with Crippen molar-refractivity contribution in [2.45, 2.75) is 49.5 Å². The first-order valence-electron chi connectivity index (χ1n) is 6.98. The highest BCUT2D eigenvalue weighted by Crippen LogP contribution is 2.30. The van der Waals surface area contributed by atoms with Gasteiger partial charge in [-0.1, -0.05) is 36.6 Å². The number of oxime groups is 1. The molecule has 0 bridgehead atoms. The van der Waals surface area contributed by atoms with Crippen molar-refractivity contribution in [2.75, 3.05) is 0 Å². The number of nitrogens with zero attached hydrogens (tertiary/aromatic N) is 1. The summed E-state index contributed by atoms with van der Waals surface area (Å²) < 4.78 is 27.8. The van der Waals surface area contributed by atoms with Crippen LogP contribution >= 0.6 is 0 Å². The number of hydrogen-bond acceptors (Lipinski definition) is 4. The molecule has 0 radical (unpaired) electrons. The zero-order valence-electron chi connectivity index (χ0n) is 12.0. The van der Waals surface area contributed by atoms with Gasteiger partial charge in [-0.15, -0.1) is 0 Å². The van der Waals surface area contributed by atoms with Gasteiger partial charge in [0.15, 0.2) is 5.84 Å². The van der Waals surface area contributed by atoms with Gasteiger partial charge in [0.05, 0.1) is 10.4 Å². The van der Waals surface area contributed by atoms with Crippen molar-refractivity contribution < 1.29 is 13.6 Å². The van der Waals surface area contributed by atoms with Crippen molar-refractivity contribution in [3.63, 3.8) is 0 Å². The maximum Gasteiger partial charge on any atom is 0.241 e. The largest absolute Gasteiger partial charge is 0.409 e. The van der Waals surface area contributed by atoms with E-state index in [1.165, 1.54) is 6.07 Å². The molecular weight excluding hydrogens is 290 g/mol. The van der Waals surface area contributed by atoms with Gasteiger partial charge in [-0.25, -0.2) is 8.42 Å². The molecule has 6 nitrogen and oxygen atoms in total. The van der Waals surface area contributed by atoms with E-state index in [1.807, 2.05) is 13.0 Å². The predicted octanol–water partition coefficient (Wildman–Crippen LogP) is 1.72. The Bertz CT molecular complexity index is 635. The maximum atomic E-state index is 12.6. The molecule has 0 aromatic heterocycles. The highest BCUT2D eigenvalue weighted by atomic mass is 32.2. The number of benzene rings is 1. The van der Waals surface area contributed by atoms with Gasteiger partial charge >= 0.3 is 0 Å². The summed E-state index contributed by atoms with van der Waals surface area (Å²) in [6, 6.07) is 6.67. The van der Waals surface area contributed by atoms with E-state index in [0.717, 1.165) is 24.8 Å². The number of rotatable bonds is 4. The van der Waals surface area contributed by atoms with Crippen LogP contribution in [0.3, 0.4) is 0 Å². The minimum absolute atomic E-state index is 0.0709. The van der Waals surface area contributed by atoms with Crippen molar-refractivity contribution in [2.24, 2.45) is 10.9 Å². The van der Waals surface area contributed by atoms with E-state index in [1.54, 1.807) is 12.1 Å². The van der Waals surface area contributed by atoms with E-state index in [9.17, 15) is 8.42 Å². The summed E-state index contributed by atoms with van der Waals surface area (Å²) >= 11 is 0. The first-order chi connectivity index (χ1) is 9.89. The Hall–Kier alpha value is -1.60. The van der Waals surface area contributed by atoms with Crippen molar-refractivity contribution in [3.8, 4) is 0 Å². The first kappa shape index (κ1) is 15.8. The fourth-order valence-electron chi connectivity index (χ4n) is 2.76. The minimum Gasteiger partial charge on any atom is -0.409 e. The lowest BCUT2D eigenvalue weighted by molar-refractivity contribution is 0.294. The summed E-state index contributed by atoms with van der Waals surface area (Å²) in [5.41, 5.74) is 5.64. The normalized spacial score (nSPS) is 19.4. The molecule has 0 amide bonds. The number of nitrogens with one attached hydrogen (secondary N) is 1. The smallest absolute Gasteiger partial charge is 0.241 e. The molecule has 0 saturated heterocycles. The van der Waals surface area contributed by atoms with E-state index in [2.05, 4.69) is 9.88 Å². The fourth-order valence-corrected chi connectivity index (χ4v) is 4.30. The van der Waals surface area contributed by atoms with Crippen LogP contribution in [0.1, 0.15) is 37.7 Å². The second-order valence-electron chi connectivity index (χ2n) is 5.55. The molecule has 1 fully saturated rings. The highest BCUT2D eigenvalue weighted by molar-refractivity contribution is 7.89. The van der Waals surface area contributed by atoms with Gasteiger partial charge in [-0.05, 0) is 37.5 Å². The number of sulfonamides is 1. The average Bonchev–Trinajstić information content (AvgIpc) is 2.47. The van der Waals surface area contributed by atoms with E-state index in [0.29, 0.717) is 12.8 Å². The average molecular weight is 311 g/mol. The molecule has 0 spiro atoms.